The van der Waals surface area contributed by atoms with Crippen molar-refractivity contribution in [2.45, 2.75) is 44.9 Å². The first-order valence-corrected chi connectivity index (χ1v) is 8.25. The highest BCUT2D eigenvalue weighted by atomic mass is 32.2. The Hall–Kier alpha value is -0.510. The number of aryl methyl sites for hydroxylation is 1. The minimum absolute atomic E-state index is 0.113. The molecule has 1 unspecified atom stereocenters. The highest BCUT2D eigenvalue weighted by molar-refractivity contribution is 7.98. The van der Waals surface area contributed by atoms with Crippen LogP contribution in [0.3, 0.4) is 0 Å². The summed E-state index contributed by atoms with van der Waals surface area (Å²) in [5.41, 5.74) is 2.70. The topological polar surface area (TPSA) is 32.3 Å². The SMILES string of the molecule is CCNC(C)(CO)CCCSCc1ccccc1C. The molecule has 0 saturated heterocycles. The molecule has 0 aliphatic carbocycles. The van der Waals surface area contributed by atoms with E-state index in [2.05, 4.69) is 50.4 Å². The number of rotatable bonds is 9. The molecule has 1 atom stereocenters. The van der Waals surface area contributed by atoms with Crippen LogP contribution < -0.4 is 5.32 Å². The van der Waals surface area contributed by atoms with Gasteiger partial charge in [-0.25, -0.2) is 0 Å². The monoisotopic (exact) mass is 281 g/mol. The lowest BCUT2D eigenvalue weighted by Gasteiger charge is -2.28. The van der Waals surface area contributed by atoms with Gasteiger partial charge in [0, 0.05) is 11.3 Å². The van der Waals surface area contributed by atoms with Crippen LogP contribution in [0.2, 0.25) is 0 Å². The van der Waals surface area contributed by atoms with E-state index in [4.69, 9.17) is 0 Å². The number of benzene rings is 1. The lowest BCUT2D eigenvalue weighted by atomic mass is 9.97. The van der Waals surface area contributed by atoms with Crippen LogP contribution in [0.4, 0.5) is 0 Å². The molecule has 0 saturated carbocycles. The zero-order valence-corrected chi connectivity index (χ0v) is 13.2. The molecular formula is C16H27NOS. The number of thioether (sulfide) groups is 1. The summed E-state index contributed by atoms with van der Waals surface area (Å²) in [5.74, 6) is 2.24. The van der Waals surface area contributed by atoms with Gasteiger partial charge in [-0.2, -0.15) is 11.8 Å². The van der Waals surface area contributed by atoms with Gasteiger partial charge >= 0.3 is 0 Å². The molecule has 0 radical (unpaired) electrons. The van der Waals surface area contributed by atoms with E-state index in [-0.39, 0.29) is 12.1 Å². The van der Waals surface area contributed by atoms with Gasteiger partial charge in [-0.15, -0.1) is 0 Å². The Morgan fingerprint density at radius 3 is 2.68 bits per heavy atom. The predicted octanol–water partition coefficient (Wildman–Crippen LogP) is 3.37. The third kappa shape index (κ3) is 5.98. The van der Waals surface area contributed by atoms with Crippen molar-refractivity contribution in [1.29, 1.82) is 0 Å². The minimum Gasteiger partial charge on any atom is -0.394 e. The maximum Gasteiger partial charge on any atom is 0.0610 e. The van der Waals surface area contributed by atoms with E-state index in [1.807, 2.05) is 11.8 Å². The van der Waals surface area contributed by atoms with Crippen LogP contribution in [0.15, 0.2) is 24.3 Å². The van der Waals surface area contributed by atoms with Crippen LogP contribution in [0.25, 0.3) is 0 Å². The van der Waals surface area contributed by atoms with Crippen LogP contribution in [-0.4, -0.2) is 29.5 Å². The second kappa shape index (κ2) is 8.62. The standard InChI is InChI=1S/C16H27NOS/c1-4-17-16(3,13-18)10-7-11-19-12-15-9-6-5-8-14(15)2/h5-6,8-9,17-18H,4,7,10-13H2,1-3H3. The lowest BCUT2D eigenvalue weighted by Crippen LogP contribution is -2.45. The molecule has 0 aromatic heterocycles. The van der Waals surface area contributed by atoms with Crippen molar-refractivity contribution in [3.05, 3.63) is 35.4 Å². The number of aliphatic hydroxyl groups excluding tert-OH is 1. The van der Waals surface area contributed by atoms with Crippen LogP contribution in [0.1, 0.15) is 37.8 Å². The number of likely N-dealkylation sites (N-methyl/N-ethyl adjacent to an activating group) is 1. The first kappa shape index (κ1) is 16.5. The van der Waals surface area contributed by atoms with Gasteiger partial charge in [0.05, 0.1) is 6.61 Å². The summed E-state index contributed by atoms with van der Waals surface area (Å²) < 4.78 is 0. The van der Waals surface area contributed by atoms with Crippen molar-refractivity contribution < 1.29 is 5.11 Å². The van der Waals surface area contributed by atoms with Crippen molar-refractivity contribution in [3.8, 4) is 0 Å². The van der Waals surface area contributed by atoms with E-state index in [1.165, 1.54) is 11.1 Å². The van der Waals surface area contributed by atoms with Gasteiger partial charge < -0.3 is 10.4 Å². The van der Waals surface area contributed by atoms with E-state index >= 15 is 0 Å². The van der Waals surface area contributed by atoms with Gasteiger partial charge in [-0.05, 0) is 50.1 Å². The quantitative estimate of drug-likeness (QED) is 0.681. The lowest BCUT2D eigenvalue weighted by molar-refractivity contribution is 0.167. The Morgan fingerprint density at radius 2 is 2.05 bits per heavy atom. The highest BCUT2D eigenvalue weighted by Gasteiger charge is 2.20. The fourth-order valence-corrected chi connectivity index (χ4v) is 3.21. The Morgan fingerprint density at radius 1 is 1.32 bits per heavy atom. The molecule has 1 aromatic carbocycles. The summed E-state index contributed by atoms with van der Waals surface area (Å²) in [7, 11) is 0. The molecule has 0 aliphatic rings. The molecule has 1 rings (SSSR count). The van der Waals surface area contributed by atoms with Gasteiger partial charge in [0.25, 0.3) is 0 Å². The van der Waals surface area contributed by atoms with E-state index in [0.29, 0.717) is 0 Å². The molecule has 0 fully saturated rings. The summed E-state index contributed by atoms with van der Waals surface area (Å²) >= 11 is 1.98. The third-order valence-electron chi connectivity index (χ3n) is 3.49. The molecule has 19 heavy (non-hydrogen) atoms. The zero-order valence-electron chi connectivity index (χ0n) is 12.4. The minimum atomic E-state index is -0.113. The molecule has 3 heteroatoms. The number of hydrogen-bond donors (Lipinski definition) is 2. The van der Waals surface area contributed by atoms with E-state index in [9.17, 15) is 5.11 Å². The first-order valence-electron chi connectivity index (χ1n) is 7.09. The third-order valence-corrected chi connectivity index (χ3v) is 4.58. The number of aliphatic hydroxyl groups is 1. The van der Waals surface area contributed by atoms with Crippen LogP contribution in [0, 0.1) is 6.92 Å². The molecule has 108 valence electrons. The van der Waals surface area contributed by atoms with Crippen LogP contribution >= 0.6 is 11.8 Å². The van der Waals surface area contributed by atoms with Gasteiger partial charge in [0.15, 0.2) is 0 Å². The Labute approximate surface area is 122 Å². The van der Waals surface area contributed by atoms with Gasteiger partial charge in [-0.3, -0.25) is 0 Å². The Bertz CT molecular complexity index is 370. The summed E-state index contributed by atoms with van der Waals surface area (Å²) in [6.45, 7) is 7.48. The van der Waals surface area contributed by atoms with Crippen molar-refractivity contribution in [1.82, 2.24) is 5.32 Å². The van der Waals surface area contributed by atoms with Crippen molar-refractivity contribution in [2.75, 3.05) is 18.9 Å². The predicted molar refractivity (Wildman–Crippen MR) is 85.7 cm³/mol. The van der Waals surface area contributed by atoms with E-state index in [0.717, 1.165) is 30.9 Å². The summed E-state index contributed by atoms with van der Waals surface area (Å²) in [6, 6.07) is 8.58. The number of hydrogen-bond acceptors (Lipinski definition) is 3. The smallest absolute Gasteiger partial charge is 0.0610 e. The van der Waals surface area contributed by atoms with Crippen molar-refractivity contribution >= 4 is 11.8 Å². The Balaban J connectivity index is 2.23. The average molecular weight is 281 g/mol. The fraction of sp³-hybridized carbons (Fsp3) is 0.625. The normalized spacial score (nSPS) is 14.3. The van der Waals surface area contributed by atoms with Gasteiger partial charge in [0.1, 0.15) is 0 Å². The van der Waals surface area contributed by atoms with E-state index < -0.39 is 0 Å². The highest BCUT2D eigenvalue weighted by Crippen LogP contribution is 2.19. The molecule has 0 spiro atoms. The van der Waals surface area contributed by atoms with Gasteiger partial charge in [-0.1, -0.05) is 31.2 Å². The molecule has 2 nitrogen and oxygen atoms in total. The molecule has 0 bridgehead atoms. The largest absolute Gasteiger partial charge is 0.394 e. The second-order valence-electron chi connectivity index (χ2n) is 5.33. The van der Waals surface area contributed by atoms with Crippen LogP contribution in [-0.2, 0) is 5.75 Å². The molecule has 0 amide bonds. The molecule has 2 N–H and O–H groups in total. The molecule has 0 aliphatic heterocycles. The Kier molecular flexibility index (Phi) is 7.51. The van der Waals surface area contributed by atoms with Crippen molar-refractivity contribution in [2.24, 2.45) is 0 Å². The van der Waals surface area contributed by atoms with Crippen LogP contribution in [0.5, 0.6) is 0 Å². The molecule has 0 heterocycles. The van der Waals surface area contributed by atoms with Crippen molar-refractivity contribution in [3.63, 3.8) is 0 Å². The maximum atomic E-state index is 9.42. The summed E-state index contributed by atoms with van der Waals surface area (Å²) in [5, 5.41) is 12.8. The first-order chi connectivity index (χ1) is 9.11. The summed E-state index contributed by atoms with van der Waals surface area (Å²) in [4.78, 5) is 0. The molecular weight excluding hydrogens is 254 g/mol. The number of nitrogens with one attached hydrogen (secondary N) is 1. The zero-order chi connectivity index (χ0) is 14.1. The second-order valence-corrected chi connectivity index (χ2v) is 6.44. The fourth-order valence-electron chi connectivity index (χ4n) is 2.17. The average Bonchev–Trinajstić information content (AvgIpc) is 2.41. The van der Waals surface area contributed by atoms with Gasteiger partial charge in [0.2, 0.25) is 0 Å². The molecule has 1 aromatic rings. The maximum absolute atomic E-state index is 9.42. The van der Waals surface area contributed by atoms with E-state index in [1.54, 1.807) is 0 Å². The summed E-state index contributed by atoms with van der Waals surface area (Å²) in [6.07, 6.45) is 2.17.